The van der Waals surface area contributed by atoms with Crippen molar-refractivity contribution in [1.29, 1.82) is 0 Å². The Morgan fingerprint density at radius 1 is 1.20 bits per heavy atom. The Morgan fingerprint density at radius 3 is 2.75 bits per heavy atom. The van der Waals surface area contributed by atoms with E-state index in [2.05, 4.69) is 4.98 Å². The van der Waals surface area contributed by atoms with Gasteiger partial charge in [-0.3, -0.25) is 4.79 Å². The number of aromatic nitrogens is 1. The second kappa shape index (κ2) is 4.77. The van der Waals surface area contributed by atoms with Gasteiger partial charge in [-0.05, 0) is 36.2 Å². The number of Topliss-reactive ketones (excluding diaryl/α,β-unsaturated/α-hetero) is 1. The highest BCUT2D eigenvalue weighted by molar-refractivity contribution is 6.00. The quantitative estimate of drug-likeness (QED) is 0.927. The standard InChI is InChI=1S/C15H11NO4/c17-13-5-1-9-7-11(3-4-12(9)13)20-14-6-2-10(8-16-14)15(18)19/h2-4,6-8H,1,5H2,(H,18,19). The second-order valence-electron chi connectivity index (χ2n) is 4.53. The molecule has 2 aromatic rings. The number of pyridine rings is 1. The molecule has 3 rings (SSSR count). The van der Waals surface area contributed by atoms with Crippen LogP contribution in [0.5, 0.6) is 11.6 Å². The summed E-state index contributed by atoms with van der Waals surface area (Å²) < 4.78 is 5.56. The first kappa shape index (κ1) is 12.3. The molecule has 20 heavy (non-hydrogen) atoms. The average molecular weight is 269 g/mol. The maximum Gasteiger partial charge on any atom is 0.337 e. The molecule has 5 nitrogen and oxygen atoms in total. The van der Waals surface area contributed by atoms with E-state index >= 15 is 0 Å². The summed E-state index contributed by atoms with van der Waals surface area (Å²) in [5.41, 5.74) is 1.85. The van der Waals surface area contributed by atoms with E-state index in [9.17, 15) is 9.59 Å². The van der Waals surface area contributed by atoms with Gasteiger partial charge >= 0.3 is 5.97 Å². The number of aryl methyl sites for hydroxylation is 1. The van der Waals surface area contributed by atoms with Gasteiger partial charge in [-0.25, -0.2) is 9.78 Å². The Morgan fingerprint density at radius 2 is 2.05 bits per heavy atom. The minimum absolute atomic E-state index is 0.108. The first-order chi connectivity index (χ1) is 9.63. The van der Waals surface area contributed by atoms with E-state index in [-0.39, 0.29) is 11.3 Å². The summed E-state index contributed by atoms with van der Waals surface area (Å²) in [7, 11) is 0. The third-order valence-corrected chi connectivity index (χ3v) is 3.20. The number of ketones is 1. The molecule has 0 saturated carbocycles. The fourth-order valence-electron chi connectivity index (χ4n) is 2.18. The first-order valence-electron chi connectivity index (χ1n) is 6.17. The number of rotatable bonds is 3. The predicted octanol–water partition coefficient (Wildman–Crippen LogP) is 2.70. The minimum atomic E-state index is -1.03. The smallest absolute Gasteiger partial charge is 0.337 e. The Labute approximate surface area is 114 Å². The highest BCUT2D eigenvalue weighted by Gasteiger charge is 2.19. The zero-order valence-corrected chi connectivity index (χ0v) is 10.5. The molecule has 1 aliphatic carbocycles. The summed E-state index contributed by atoms with van der Waals surface area (Å²) in [6.07, 6.45) is 2.52. The van der Waals surface area contributed by atoms with Crippen molar-refractivity contribution in [3.05, 3.63) is 53.2 Å². The van der Waals surface area contributed by atoms with Crippen LogP contribution in [-0.2, 0) is 6.42 Å². The number of benzene rings is 1. The summed E-state index contributed by atoms with van der Waals surface area (Å²) in [5.74, 6) is 0.0453. The van der Waals surface area contributed by atoms with Crippen molar-refractivity contribution in [3.8, 4) is 11.6 Å². The molecule has 0 amide bonds. The number of fused-ring (bicyclic) bond motifs is 1. The number of carbonyl (C=O) groups excluding carboxylic acids is 1. The number of ether oxygens (including phenoxy) is 1. The van der Waals surface area contributed by atoms with E-state index in [1.807, 2.05) is 6.07 Å². The molecular weight excluding hydrogens is 258 g/mol. The summed E-state index contributed by atoms with van der Waals surface area (Å²) in [4.78, 5) is 26.2. The lowest BCUT2D eigenvalue weighted by Gasteiger charge is -2.06. The van der Waals surface area contributed by atoms with Crippen LogP contribution in [0, 0.1) is 0 Å². The van der Waals surface area contributed by atoms with Gasteiger partial charge in [-0.1, -0.05) is 0 Å². The van der Waals surface area contributed by atoms with Crippen LogP contribution < -0.4 is 4.74 Å². The van der Waals surface area contributed by atoms with Gasteiger partial charge in [0.25, 0.3) is 0 Å². The zero-order chi connectivity index (χ0) is 14.1. The molecule has 0 bridgehead atoms. The molecule has 0 unspecified atom stereocenters. The van der Waals surface area contributed by atoms with Crippen LogP contribution in [0.4, 0.5) is 0 Å². The van der Waals surface area contributed by atoms with Crippen molar-refractivity contribution in [2.75, 3.05) is 0 Å². The highest BCUT2D eigenvalue weighted by atomic mass is 16.5. The van der Waals surface area contributed by atoms with Gasteiger partial charge in [0.15, 0.2) is 5.78 Å². The van der Waals surface area contributed by atoms with E-state index in [0.29, 0.717) is 18.1 Å². The first-order valence-corrected chi connectivity index (χ1v) is 6.17. The number of carbonyl (C=O) groups is 2. The molecule has 0 fully saturated rings. The number of carboxylic acid groups (broad SMARTS) is 1. The van der Waals surface area contributed by atoms with Crippen LogP contribution in [0.1, 0.15) is 32.7 Å². The molecule has 5 heteroatoms. The number of hydrogen-bond acceptors (Lipinski definition) is 4. The fourth-order valence-corrected chi connectivity index (χ4v) is 2.18. The molecule has 0 spiro atoms. The maximum atomic E-state index is 11.5. The van der Waals surface area contributed by atoms with Crippen molar-refractivity contribution >= 4 is 11.8 Å². The Balaban J connectivity index is 1.81. The molecule has 100 valence electrons. The van der Waals surface area contributed by atoms with Crippen LogP contribution in [0.25, 0.3) is 0 Å². The third kappa shape index (κ3) is 2.25. The Bertz CT molecular complexity index is 692. The lowest BCUT2D eigenvalue weighted by molar-refractivity contribution is 0.0696. The van der Waals surface area contributed by atoms with E-state index in [1.165, 1.54) is 18.3 Å². The van der Waals surface area contributed by atoms with Crippen molar-refractivity contribution in [3.63, 3.8) is 0 Å². The van der Waals surface area contributed by atoms with E-state index < -0.39 is 5.97 Å². The van der Waals surface area contributed by atoms with Gasteiger partial charge in [0.05, 0.1) is 5.56 Å². The van der Waals surface area contributed by atoms with Crippen molar-refractivity contribution < 1.29 is 19.4 Å². The van der Waals surface area contributed by atoms with Crippen LogP contribution in [0.3, 0.4) is 0 Å². The largest absolute Gasteiger partial charge is 0.478 e. The van der Waals surface area contributed by atoms with Gasteiger partial charge < -0.3 is 9.84 Å². The molecule has 1 N–H and O–H groups in total. The highest BCUT2D eigenvalue weighted by Crippen LogP contribution is 2.28. The fraction of sp³-hybridized carbons (Fsp3) is 0.133. The van der Waals surface area contributed by atoms with Crippen LogP contribution in [-0.4, -0.2) is 21.8 Å². The lowest BCUT2D eigenvalue weighted by atomic mass is 10.1. The minimum Gasteiger partial charge on any atom is -0.478 e. The topological polar surface area (TPSA) is 76.5 Å². The monoisotopic (exact) mass is 269 g/mol. The van der Waals surface area contributed by atoms with Gasteiger partial charge in [0, 0.05) is 24.2 Å². The predicted molar refractivity (Wildman–Crippen MR) is 70.4 cm³/mol. The maximum absolute atomic E-state index is 11.5. The molecule has 1 aromatic carbocycles. The van der Waals surface area contributed by atoms with E-state index in [1.54, 1.807) is 12.1 Å². The van der Waals surface area contributed by atoms with Crippen molar-refractivity contribution in [1.82, 2.24) is 4.98 Å². The number of aromatic carboxylic acids is 1. The van der Waals surface area contributed by atoms with Crippen LogP contribution in [0.15, 0.2) is 36.5 Å². The number of nitrogens with zero attached hydrogens (tertiary/aromatic N) is 1. The summed E-state index contributed by atoms with van der Waals surface area (Å²) in [5, 5.41) is 8.78. The van der Waals surface area contributed by atoms with Crippen molar-refractivity contribution in [2.24, 2.45) is 0 Å². The van der Waals surface area contributed by atoms with Gasteiger partial charge in [-0.2, -0.15) is 0 Å². The molecular formula is C15H11NO4. The SMILES string of the molecule is O=C(O)c1ccc(Oc2ccc3c(c2)CCC3=O)nc1. The van der Waals surface area contributed by atoms with Gasteiger partial charge in [0.2, 0.25) is 5.88 Å². The average Bonchev–Trinajstić information content (AvgIpc) is 2.81. The lowest BCUT2D eigenvalue weighted by Crippen LogP contribution is -1.97. The molecule has 0 radical (unpaired) electrons. The summed E-state index contributed by atoms with van der Waals surface area (Å²) in [6.45, 7) is 0. The zero-order valence-electron chi connectivity index (χ0n) is 10.5. The molecule has 1 aromatic heterocycles. The summed E-state index contributed by atoms with van der Waals surface area (Å²) >= 11 is 0. The third-order valence-electron chi connectivity index (χ3n) is 3.20. The van der Waals surface area contributed by atoms with Crippen LogP contribution >= 0.6 is 0 Å². The number of carboxylic acids is 1. The molecule has 0 saturated heterocycles. The Hall–Kier alpha value is -2.69. The number of hydrogen-bond donors (Lipinski definition) is 1. The van der Waals surface area contributed by atoms with Crippen molar-refractivity contribution in [2.45, 2.75) is 12.8 Å². The molecule has 1 heterocycles. The molecule has 0 aliphatic heterocycles. The van der Waals surface area contributed by atoms with E-state index in [4.69, 9.17) is 9.84 Å². The van der Waals surface area contributed by atoms with Gasteiger partial charge in [0.1, 0.15) is 5.75 Å². The van der Waals surface area contributed by atoms with Crippen LogP contribution in [0.2, 0.25) is 0 Å². The molecule has 1 aliphatic rings. The Kier molecular flexibility index (Phi) is 2.95. The molecule has 0 atom stereocenters. The summed E-state index contributed by atoms with van der Waals surface area (Å²) in [6, 6.07) is 8.23. The normalized spacial score (nSPS) is 13.1. The second-order valence-corrected chi connectivity index (χ2v) is 4.53. The van der Waals surface area contributed by atoms with Gasteiger partial charge in [-0.15, -0.1) is 0 Å². The van der Waals surface area contributed by atoms with E-state index in [0.717, 1.165) is 17.5 Å².